The topological polar surface area (TPSA) is 57.4 Å². The van der Waals surface area contributed by atoms with Gasteiger partial charge >= 0.3 is 0 Å². The maximum absolute atomic E-state index is 5.77. The van der Waals surface area contributed by atoms with Crippen LogP contribution in [0.2, 0.25) is 0 Å². The van der Waals surface area contributed by atoms with Crippen molar-refractivity contribution in [3.63, 3.8) is 0 Å². The van der Waals surface area contributed by atoms with Crippen LogP contribution in [0.25, 0.3) is 0 Å². The fourth-order valence-electron chi connectivity index (χ4n) is 1.61. The Labute approximate surface area is 117 Å². The van der Waals surface area contributed by atoms with E-state index in [-0.39, 0.29) is 4.99 Å². The largest absolute Gasteiger partial charge is 0.493 e. The van der Waals surface area contributed by atoms with Crippen LogP contribution in [0.3, 0.4) is 0 Å². The van der Waals surface area contributed by atoms with Gasteiger partial charge in [-0.25, -0.2) is 4.98 Å². The van der Waals surface area contributed by atoms with Gasteiger partial charge in [0.1, 0.15) is 4.99 Å². The molecule has 1 aromatic carbocycles. The second-order valence-corrected chi connectivity index (χ2v) is 4.36. The Morgan fingerprint density at radius 1 is 1.16 bits per heavy atom. The van der Waals surface area contributed by atoms with Crippen LogP contribution in [-0.2, 0) is 0 Å². The van der Waals surface area contributed by atoms with Crippen molar-refractivity contribution in [2.75, 3.05) is 7.11 Å². The van der Waals surface area contributed by atoms with Gasteiger partial charge in [-0.05, 0) is 31.2 Å². The van der Waals surface area contributed by atoms with Gasteiger partial charge in [-0.2, -0.15) is 0 Å². The predicted octanol–water partition coefficient (Wildman–Crippen LogP) is 2.83. The summed E-state index contributed by atoms with van der Waals surface area (Å²) in [5.74, 6) is 1.58. The van der Waals surface area contributed by atoms with Crippen LogP contribution in [0, 0.1) is 6.92 Å². The number of aryl methyl sites for hydroxylation is 1. The molecule has 5 heteroatoms. The Morgan fingerprint density at radius 2 is 1.84 bits per heavy atom. The van der Waals surface area contributed by atoms with Crippen LogP contribution in [0.4, 0.5) is 0 Å². The van der Waals surface area contributed by atoms with Gasteiger partial charge in [0.15, 0.2) is 11.5 Å². The quantitative estimate of drug-likeness (QED) is 0.869. The van der Waals surface area contributed by atoms with E-state index in [0.717, 1.165) is 5.69 Å². The zero-order valence-corrected chi connectivity index (χ0v) is 11.5. The molecule has 0 saturated heterocycles. The van der Waals surface area contributed by atoms with Gasteiger partial charge in [-0.3, -0.25) is 0 Å². The Kier molecular flexibility index (Phi) is 3.97. The van der Waals surface area contributed by atoms with E-state index in [1.165, 1.54) is 0 Å². The number of para-hydroxylation sites is 2. The van der Waals surface area contributed by atoms with Gasteiger partial charge in [-0.1, -0.05) is 24.4 Å². The second kappa shape index (κ2) is 5.67. The van der Waals surface area contributed by atoms with Gasteiger partial charge in [0.2, 0.25) is 5.88 Å². The first kappa shape index (κ1) is 13.3. The minimum Gasteiger partial charge on any atom is -0.493 e. The van der Waals surface area contributed by atoms with E-state index in [1.54, 1.807) is 19.2 Å². The Bertz CT molecular complexity index is 614. The lowest BCUT2D eigenvalue weighted by Crippen LogP contribution is -2.12. The highest BCUT2D eigenvalue weighted by Crippen LogP contribution is 2.31. The maximum atomic E-state index is 5.77. The van der Waals surface area contributed by atoms with Crippen molar-refractivity contribution in [1.82, 2.24) is 4.98 Å². The van der Waals surface area contributed by atoms with Crippen molar-refractivity contribution in [1.29, 1.82) is 0 Å². The van der Waals surface area contributed by atoms with E-state index < -0.39 is 0 Å². The molecule has 1 aromatic heterocycles. The summed E-state index contributed by atoms with van der Waals surface area (Å²) in [7, 11) is 1.58. The van der Waals surface area contributed by atoms with Crippen LogP contribution in [-0.4, -0.2) is 17.1 Å². The third kappa shape index (κ3) is 3.00. The number of thiocarbonyl (C=S) groups is 1. The van der Waals surface area contributed by atoms with E-state index in [2.05, 4.69) is 4.98 Å². The highest BCUT2D eigenvalue weighted by Gasteiger charge is 2.12. The zero-order valence-electron chi connectivity index (χ0n) is 10.7. The number of ether oxygens (including phenoxy) is 2. The number of hydrogen-bond donors (Lipinski definition) is 1. The third-order valence-electron chi connectivity index (χ3n) is 2.54. The molecule has 2 N–H and O–H groups in total. The molecule has 0 radical (unpaired) electrons. The van der Waals surface area contributed by atoms with Crippen LogP contribution in [0.15, 0.2) is 36.4 Å². The minimum absolute atomic E-state index is 0.248. The SMILES string of the molecule is COc1ccccc1Oc1nc(C)ccc1C(N)=S. The average Bonchev–Trinajstić information content (AvgIpc) is 2.39. The molecule has 0 amide bonds. The summed E-state index contributed by atoms with van der Waals surface area (Å²) >= 11 is 5.00. The monoisotopic (exact) mass is 274 g/mol. The zero-order chi connectivity index (χ0) is 13.8. The molecule has 0 atom stereocenters. The van der Waals surface area contributed by atoms with Crippen molar-refractivity contribution in [2.45, 2.75) is 6.92 Å². The number of aromatic nitrogens is 1. The fraction of sp³-hybridized carbons (Fsp3) is 0.143. The summed E-state index contributed by atoms with van der Waals surface area (Å²) in [5.41, 5.74) is 7.10. The number of pyridine rings is 1. The molecule has 0 spiro atoms. The summed E-state index contributed by atoms with van der Waals surface area (Å²) in [4.78, 5) is 4.57. The predicted molar refractivity (Wildman–Crippen MR) is 77.9 cm³/mol. The molecule has 0 aliphatic carbocycles. The lowest BCUT2D eigenvalue weighted by molar-refractivity contribution is 0.373. The van der Waals surface area contributed by atoms with Crippen molar-refractivity contribution in [2.24, 2.45) is 5.73 Å². The van der Waals surface area contributed by atoms with Crippen molar-refractivity contribution in [3.8, 4) is 17.4 Å². The summed E-state index contributed by atoms with van der Waals surface area (Å²) in [5, 5.41) is 0. The highest BCUT2D eigenvalue weighted by molar-refractivity contribution is 7.80. The molecular formula is C14H14N2O2S. The number of methoxy groups -OCH3 is 1. The summed E-state index contributed by atoms with van der Waals surface area (Å²) in [6.45, 7) is 1.87. The summed E-state index contributed by atoms with van der Waals surface area (Å²) < 4.78 is 11.0. The number of benzene rings is 1. The van der Waals surface area contributed by atoms with Crippen LogP contribution in [0.1, 0.15) is 11.3 Å². The van der Waals surface area contributed by atoms with E-state index in [9.17, 15) is 0 Å². The number of nitrogens with two attached hydrogens (primary N) is 1. The Hall–Kier alpha value is -2.14. The first-order valence-corrected chi connectivity index (χ1v) is 6.11. The standard InChI is InChI=1S/C14H14N2O2S/c1-9-7-8-10(13(15)19)14(16-9)18-12-6-4-3-5-11(12)17-2/h3-8H,1-2H3,(H2,15,19). The van der Waals surface area contributed by atoms with Gasteiger partial charge in [0.05, 0.1) is 12.7 Å². The normalized spacial score (nSPS) is 10.0. The minimum atomic E-state index is 0.248. The summed E-state index contributed by atoms with van der Waals surface area (Å²) in [6, 6.07) is 11.0. The average molecular weight is 274 g/mol. The molecule has 2 rings (SSSR count). The molecule has 19 heavy (non-hydrogen) atoms. The molecule has 0 aliphatic heterocycles. The van der Waals surface area contributed by atoms with E-state index in [0.29, 0.717) is 22.9 Å². The van der Waals surface area contributed by atoms with Crippen LogP contribution >= 0.6 is 12.2 Å². The lowest BCUT2D eigenvalue weighted by atomic mass is 10.2. The van der Waals surface area contributed by atoms with Gasteiger partial charge < -0.3 is 15.2 Å². The Balaban J connectivity index is 2.42. The van der Waals surface area contributed by atoms with Crippen molar-refractivity contribution < 1.29 is 9.47 Å². The van der Waals surface area contributed by atoms with Gasteiger partial charge in [0, 0.05) is 5.69 Å². The van der Waals surface area contributed by atoms with E-state index in [1.807, 2.05) is 31.2 Å². The smallest absolute Gasteiger partial charge is 0.229 e. The molecule has 0 saturated carbocycles. The van der Waals surface area contributed by atoms with Crippen LogP contribution in [0.5, 0.6) is 17.4 Å². The van der Waals surface area contributed by atoms with Crippen molar-refractivity contribution >= 4 is 17.2 Å². The number of hydrogen-bond acceptors (Lipinski definition) is 4. The van der Waals surface area contributed by atoms with Crippen LogP contribution < -0.4 is 15.2 Å². The maximum Gasteiger partial charge on any atom is 0.229 e. The molecule has 98 valence electrons. The molecule has 0 aliphatic rings. The fourth-order valence-corrected chi connectivity index (χ4v) is 1.76. The third-order valence-corrected chi connectivity index (χ3v) is 2.76. The van der Waals surface area contributed by atoms with E-state index >= 15 is 0 Å². The first-order valence-electron chi connectivity index (χ1n) is 5.70. The lowest BCUT2D eigenvalue weighted by Gasteiger charge is -2.12. The van der Waals surface area contributed by atoms with Gasteiger partial charge in [0.25, 0.3) is 0 Å². The Morgan fingerprint density at radius 3 is 2.47 bits per heavy atom. The highest BCUT2D eigenvalue weighted by atomic mass is 32.1. The molecule has 1 heterocycles. The first-order chi connectivity index (χ1) is 9.11. The molecule has 2 aromatic rings. The van der Waals surface area contributed by atoms with Gasteiger partial charge in [-0.15, -0.1) is 0 Å². The summed E-state index contributed by atoms with van der Waals surface area (Å²) in [6.07, 6.45) is 0. The molecule has 4 nitrogen and oxygen atoms in total. The molecular weight excluding hydrogens is 260 g/mol. The van der Waals surface area contributed by atoms with E-state index in [4.69, 9.17) is 27.4 Å². The molecule has 0 fully saturated rings. The number of nitrogens with zero attached hydrogens (tertiary/aromatic N) is 1. The molecule has 0 bridgehead atoms. The second-order valence-electron chi connectivity index (χ2n) is 3.92. The van der Waals surface area contributed by atoms with Crippen molar-refractivity contribution in [3.05, 3.63) is 47.7 Å². The number of rotatable bonds is 4. The molecule has 0 unspecified atom stereocenters.